The minimum atomic E-state index is -0.852. The third-order valence-corrected chi connectivity index (χ3v) is 5.18. The minimum absolute atomic E-state index is 0.167. The average molecular weight is 438 g/mol. The summed E-state index contributed by atoms with van der Waals surface area (Å²) in [4.78, 5) is 25.4. The van der Waals surface area contributed by atoms with Crippen molar-refractivity contribution in [1.82, 2.24) is 16.0 Å². The van der Waals surface area contributed by atoms with E-state index in [2.05, 4.69) is 16.0 Å². The summed E-state index contributed by atoms with van der Waals surface area (Å²) in [6.07, 6.45) is 3.64. The summed E-state index contributed by atoms with van der Waals surface area (Å²) in [6, 6.07) is 14.3. The zero-order valence-corrected chi connectivity index (χ0v) is 18.3. The second-order valence-corrected chi connectivity index (χ2v) is 7.90. The number of carbonyl (C=O) groups excluding carboxylic acids is 2. The second kappa shape index (κ2) is 12.1. The fourth-order valence-electron chi connectivity index (χ4n) is 3.47. The number of nitrogens with one attached hydrogen (secondary N) is 3. The lowest BCUT2D eigenvalue weighted by Crippen LogP contribution is -2.50. The largest absolute Gasteiger partial charge is 0.390 e. The van der Waals surface area contributed by atoms with E-state index < -0.39 is 12.1 Å². The standard InChI is InChI=1S/C25H31N3O4/c1-18-12-20-14-21(13-18)25(31)28-22(17-32-11-7-3-6-10-27-24(20)30)23(29)16-26-15-19-8-4-2-5-9-19/h2-5,7-9,12-14,22-23,26,29H,6,10-11,15-17H2,1H3,(H,27,30)(H,28,31)/b7-3+/t22-,23+/m0/s1. The lowest BCUT2D eigenvalue weighted by atomic mass is 10.0. The monoisotopic (exact) mass is 437 g/mol. The molecule has 1 heterocycles. The summed E-state index contributed by atoms with van der Waals surface area (Å²) >= 11 is 0. The number of fused-ring (bicyclic) bond motifs is 2. The van der Waals surface area contributed by atoms with Crippen LogP contribution in [0.25, 0.3) is 0 Å². The third kappa shape index (κ3) is 7.30. The van der Waals surface area contributed by atoms with Gasteiger partial charge in [-0.2, -0.15) is 0 Å². The SMILES string of the molecule is Cc1cc2cc(c1)C(=O)N[C@H]([C@H](O)CNCc1ccccc1)COC/C=C/CCNC2=O. The molecule has 2 amide bonds. The van der Waals surface area contributed by atoms with E-state index in [1.54, 1.807) is 18.2 Å². The topological polar surface area (TPSA) is 99.7 Å². The highest BCUT2D eigenvalue weighted by Crippen LogP contribution is 2.11. The van der Waals surface area contributed by atoms with Gasteiger partial charge < -0.3 is 25.8 Å². The molecule has 0 saturated carbocycles. The second-order valence-electron chi connectivity index (χ2n) is 7.90. The van der Waals surface area contributed by atoms with Crippen molar-refractivity contribution in [2.24, 2.45) is 0 Å². The van der Waals surface area contributed by atoms with Crippen molar-refractivity contribution in [2.75, 3.05) is 26.3 Å². The molecule has 0 saturated heterocycles. The number of ether oxygens (including phenoxy) is 1. The molecule has 0 unspecified atom stereocenters. The highest BCUT2D eigenvalue weighted by Gasteiger charge is 2.23. The van der Waals surface area contributed by atoms with E-state index in [1.807, 2.05) is 49.4 Å². The van der Waals surface area contributed by atoms with E-state index in [1.165, 1.54) is 0 Å². The normalized spacial score (nSPS) is 19.8. The Bertz CT molecular complexity index is 930. The number of hydrogen-bond donors (Lipinski definition) is 4. The molecule has 0 aliphatic carbocycles. The smallest absolute Gasteiger partial charge is 0.251 e. The van der Waals surface area contributed by atoms with Crippen LogP contribution in [-0.4, -0.2) is 55.4 Å². The first-order chi connectivity index (χ1) is 15.5. The number of hydrogen-bond acceptors (Lipinski definition) is 5. The van der Waals surface area contributed by atoms with Crippen molar-refractivity contribution >= 4 is 11.8 Å². The number of aliphatic hydroxyl groups excluding tert-OH is 1. The summed E-state index contributed by atoms with van der Waals surface area (Å²) in [5.41, 5.74) is 2.73. The molecule has 2 aromatic rings. The van der Waals surface area contributed by atoms with Crippen molar-refractivity contribution in [3.8, 4) is 0 Å². The van der Waals surface area contributed by atoms with E-state index in [0.29, 0.717) is 43.8 Å². The number of rotatable bonds is 5. The molecule has 2 bridgehead atoms. The molecule has 7 heteroatoms. The predicted molar refractivity (Wildman–Crippen MR) is 123 cm³/mol. The molecule has 0 aromatic heterocycles. The number of aryl methyl sites for hydroxylation is 1. The maximum atomic E-state index is 12.9. The lowest BCUT2D eigenvalue weighted by molar-refractivity contribution is 0.0516. The molecular formula is C25H31N3O4. The van der Waals surface area contributed by atoms with Gasteiger partial charge in [-0.3, -0.25) is 9.59 Å². The van der Waals surface area contributed by atoms with Gasteiger partial charge in [0.1, 0.15) is 0 Å². The Hall–Kier alpha value is -3.00. The minimum Gasteiger partial charge on any atom is -0.390 e. The van der Waals surface area contributed by atoms with Gasteiger partial charge in [0.15, 0.2) is 0 Å². The maximum absolute atomic E-state index is 12.9. The number of aliphatic hydroxyl groups is 1. The van der Waals surface area contributed by atoms with Gasteiger partial charge >= 0.3 is 0 Å². The van der Waals surface area contributed by atoms with Gasteiger partial charge in [0, 0.05) is 30.8 Å². The molecule has 170 valence electrons. The Labute approximate surface area is 188 Å². The molecule has 0 radical (unpaired) electrons. The van der Waals surface area contributed by atoms with E-state index >= 15 is 0 Å². The Morgan fingerprint density at radius 2 is 1.84 bits per heavy atom. The van der Waals surface area contributed by atoms with Crippen LogP contribution in [0.1, 0.15) is 38.3 Å². The molecule has 3 rings (SSSR count). The first-order valence-corrected chi connectivity index (χ1v) is 10.9. The van der Waals surface area contributed by atoms with Crippen LogP contribution in [0.5, 0.6) is 0 Å². The van der Waals surface area contributed by atoms with Crippen molar-refractivity contribution in [2.45, 2.75) is 32.0 Å². The fraction of sp³-hybridized carbons (Fsp3) is 0.360. The molecule has 32 heavy (non-hydrogen) atoms. The van der Waals surface area contributed by atoms with E-state index in [0.717, 1.165) is 11.1 Å². The first kappa shape index (κ1) is 23.7. The summed E-state index contributed by atoms with van der Waals surface area (Å²) in [7, 11) is 0. The Morgan fingerprint density at radius 3 is 2.62 bits per heavy atom. The Balaban J connectivity index is 1.71. The molecule has 7 nitrogen and oxygen atoms in total. The Morgan fingerprint density at radius 1 is 1.09 bits per heavy atom. The van der Waals surface area contributed by atoms with Gasteiger partial charge in [0.2, 0.25) is 0 Å². The molecular weight excluding hydrogens is 406 g/mol. The average Bonchev–Trinajstić information content (AvgIpc) is 2.79. The van der Waals surface area contributed by atoms with Crippen molar-refractivity contribution in [3.63, 3.8) is 0 Å². The van der Waals surface area contributed by atoms with Gasteiger partial charge in [0.25, 0.3) is 11.8 Å². The fourth-order valence-corrected chi connectivity index (χ4v) is 3.47. The van der Waals surface area contributed by atoms with Crippen LogP contribution in [0.2, 0.25) is 0 Å². The third-order valence-electron chi connectivity index (χ3n) is 5.18. The van der Waals surface area contributed by atoms with Crippen LogP contribution in [0.3, 0.4) is 0 Å². The predicted octanol–water partition coefficient (Wildman–Crippen LogP) is 1.95. The molecule has 0 fully saturated rings. The van der Waals surface area contributed by atoms with Crippen LogP contribution in [0.15, 0.2) is 60.7 Å². The molecule has 1 aliphatic heterocycles. The van der Waals surface area contributed by atoms with Crippen LogP contribution in [0, 0.1) is 6.92 Å². The lowest BCUT2D eigenvalue weighted by Gasteiger charge is -2.24. The van der Waals surface area contributed by atoms with Gasteiger partial charge in [-0.05, 0) is 42.7 Å². The molecule has 1 aliphatic rings. The quantitative estimate of drug-likeness (QED) is 0.536. The number of carbonyl (C=O) groups is 2. The zero-order valence-electron chi connectivity index (χ0n) is 18.3. The van der Waals surface area contributed by atoms with Gasteiger partial charge in [-0.15, -0.1) is 0 Å². The van der Waals surface area contributed by atoms with Crippen LogP contribution < -0.4 is 16.0 Å². The highest BCUT2D eigenvalue weighted by molar-refractivity contribution is 6.00. The molecule has 4 N–H and O–H groups in total. The molecule has 2 atom stereocenters. The summed E-state index contributed by atoms with van der Waals surface area (Å²) in [5.74, 6) is -0.576. The van der Waals surface area contributed by atoms with Crippen LogP contribution in [-0.2, 0) is 11.3 Å². The summed E-state index contributed by atoms with van der Waals surface area (Å²) < 4.78 is 5.68. The van der Waals surface area contributed by atoms with E-state index in [9.17, 15) is 14.7 Å². The molecule has 2 aromatic carbocycles. The van der Waals surface area contributed by atoms with Crippen molar-refractivity contribution in [1.29, 1.82) is 0 Å². The summed E-state index contributed by atoms with van der Waals surface area (Å²) in [5, 5.41) is 19.7. The van der Waals surface area contributed by atoms with Gasteiger partial charge in [0.05, 0.1) is 25.4 Å². The first-order valence-electron chi connectivity index (χ1n) is 10.9. The number of benzene rings is 2. The van der Waals surface area contributed by atoms with Gasteiger partial charge in [-0.25, -0.2) is 0 Å². The van der Waals surface area contributed by atoms with E-state index in [-0.39, 0.29) is 18.4 Å². The van der Waals surface area contributed by atoms with Gasteiger partial charge in [-0.1, -0.05) is 42.5 Å². The van der Waals surface area contributed by atoms with Crippen LogP contribution >= 0.6 is 0 Å². The summed E-state index contributed by atoms with van der Waals surface area (Å²) in [6.45, 7) is 3.77. The van der Waals surface area contributed by atoms with Crippen molar-refractivity contribution < 1.29 is 19.4 Å². The highest BCUT2D eigenvalue weighted by atomic mass is 16.5. The Kier molecular flexibility index (Phi) is 8.98. The number of amides is 2. The van der Waals surface area contributed by atoms with E-state index in [4.69, 9.17) is 4.74 Å². The van der Waals surface area contributed by atoms with Crippen molar-refractivity contribution in [3.05, 3.63) is 82.9 Å². The van der Waals surface area contributed by atoms with Crippen LogP contribution in [0.4, 0.5) is 0 Å². The maximum Gasteiger partial charge on any atom is 0.251 e. The zero-order chi connectivity index (χ0) is 22.8. The molecule has 0 spiro atoms.